The zero-order valence-corrected chi connectivity index (χ0v) is 12.7. The molecular weight excluding hydrogens is 391 g/mol. The van der Waals surface area contributed by atoms with Crippen molar-refractivity contribution in [2.24, 2.45) is 0 Å². The van der Waals surface area contributed by atoms with Gasteiger partial charge in [-0.1, -0.05) is 0 Å². The first kappa shape index (κ1) is 21.5. The van der Waals surface area contributed by atoms with Crippen LogP contribution >= 0.6 is 11.8 Å². The molecule has 0 spiro atoms. The summed E-state index contributed by atoms with van der Waals surface area (Å²) in [6, 6.07) is 4.45. The average Bonchev–Trinajstić information content (AvgIpc) is 2.46. The number of thioether (sulfide) groups is 1. The van der Waals surface area contributed by atoms with Gasteiger partial charge in [-0.15, -0.1) is 11.8 Å². The van der Waals surface area contributed by atoms with Gasteiger partial charge in [0.15, 0.2) is 0 Å². The number of aromatic carboxylic acids is 1. The first-order valence-electron chi connectivity index (χ1n) is 6.30. The van der Waals surface area contributed by atoms with Crippen LogP contribution in [0.1, 0.15) is 16.8 Å². The summed E-state index contributed by atoms with van der Waals surface area (Å²) in [4.78, 5) is 10.7. The van der Waals surface area contributed by atoms with Crippen LogP contribution in [0, 0.1) is 0 Å². The molecule has 1 N–H and O–H groups in total. The minimum absolute atomic E-state index is 0.145. The smallest absolute Gasteiger partial charge is 0.460 e. The SMILES string of the molecule is O=C(O)c1ccc(SCCC(F)(F)C(F)(F)C(F)(F)C(F)(F)F)cc1. The van der Waals surface area contributed by atoms with E-state index in [-0.39, 0.29) is 10.5 Å². The summed E-state index contributed by atoms with van der Waals surface area (Å²) in [5, 5.41) is 8.64. The second kappa shape index (κ2) is 6.96. The second-order valence-corrected chi connectivity index (χ2v) is 5.95. The highest BCUT2D eigenvalue weighted by atomic mass is 32.2. The normalized spacial score (nSPS) is 13.8. The van der Waals surface area contributed by atoms with Crippen molar-refractivity contribution in [3.63, 3.8) is 0 Å². The maximum atomic E-state index is 13.3. The molecule has 25 heavy (non-hydrogen) atoms. The molecule has 12 heteroatoms. The van der Waals surface area contributed by atoms with Crippen molar-refractivity contribution in [3.05, 3.63) is 29.8 Å². The van der Waals surface area contributed by atoms with E-state index in [0.717, 1.165) is 24.3 Å². The molecule has 0 radical (unpaired) electrons. The standard InChI is InChI=1S/C13H9F9O2S/c14-10(15,11(16,17)12(18,19)13(20,21)22)5-6-25-8-3-1-7(2-4-8)9(23)24/h1-4H,5-6H2,(H,23,24). The highest BCUT2D eigenvalue weighted by Gasteiger charge is 2.81. The minimum Gasteiger partial charge on any atom is -0.478 e. The van der Waals surface area contributed by atoms with Crippen LogP contribution in [0.15, 0.2) is 29.2 Å². The van der Waals surface area contributed by atoms with E-state index < -0.39 is 42.1 Å². The van der Waals surface area contributed by atoms with Gasteiger partial charge in [0.2, 0.25) is 0 Å². The second-order valence-electron chi connectivity index (χ2n) is 4.78. The number of carboxylic acids is 1. The topological polar surface area (TPSA) is 37.3 Å². The third-order valence-corrected chi connectivity index (χ3v) is 4.01. The predicted octanol–water partition coefficient (Wildman–Crippen LogP) is 5.34. The molecule has 0 unspecified atom stereocenters. The fraction of sp³-hybridized carbons (Fsp3) is 0.462. The molecule has 1 aromatic carbocycles. The maximum Gasteiger partial charge on any atom is 0.460 e. The van der Waals surface area contributed by atoms with E-state index in [9.17, 15) is 44.3 Å². The number of hydrogen-bond donors (Lipinski definition) is 1. The third-order valence-electron chi connectivity index (χ3n) is 3.00. The summed E-state index contributed by atoms with van der Waals surface area (Å²) in [6.07, 6.45) is -8.78. The summed E-state index contributed by atoms with van der Waals surface area (Å²) >= 11 is 0.470. The predicted molar refractivity (Wildman–Crippen MR) is 69.6 cm³/mol. The van der Waals surface area contributed by atoms with Crippen LogP contribution in [0.3, 0.4) is 0 Å². The molecule has 0 saturated carbocycles. The van der Waals surface area contributed by atoms with Gasteiger partial charge in [-0.2, -0.15) is 39.5 Å². The van der Waals surface area contributed by atoms with Crippen LogP contribution in [0.2, 0.25) is 0 Å². The Bertz CT molecular complexity index is 611. The van der Waals surface area contributed by atoms with Gasteiger partial charge in [0, 0.05) is 17.1 Å². The van der Waals surface area contributed by atoms with Gasteiger partial charge in [-0.05, 0) is 24.3 Å². The number of alkyl halides is 9. The molecule has 0 atom stereocenters. The number of carboxylic acid groups (broad SMARTS) is 1. The van der Waals surface area contributed by atoms with Crippen molar-refractivity contribution in [3.8, 4) is 0 Å². The molecule has 0 saturated heterocycles. The molecule has 1 aromatic rings. The summed E-state index contributed by atoms with van der Waals surface area (Å²) < 4.78 is 114. The zero-order valence-electron chi connectivity index (χ0n) is 11.9. The van der Waals surface area contributed by atoms with E-state index in [1.54, 1.807) is 0 Å². The Morgan fingerprint density at radius 1 is 0.880 bits per heavy atom. The lowest BCUT2D eigenvalue weighted by molar-refractivity contribution is -0.396. The van der Waals surface area contributed by atoms with E-state index >= 15 is 0 Å². The van der Waals surface area contributed by atoms with E-state index in [1.165, 1.54) is 0 Å². The molecule has 0 heterocycles. The molecule has 0 aliphatic carbocycles. The lowest BCUT2D eigenvalue weighted by Gasteiger charge is -2.33. The first-order chi connectivity index (χ1) is 11.1. The highest BCUT2D eigenvalue weighted by molar-refractivity contribution is 7.99. The maximum absolute atomic E-state index is 13.3. The Morgan fingerprint density at radius 3 is 1.76 bits per heavy atom. The summed E-state index contributed by atoms with van der Waals surface area (Å²) in [7, 11) is 0. The van der Waals surface area contributed by atoms with Gasteiger partial charge in [0.05, 0.1) is 5.56 Å². The minimum atomic E-state index is -6.89. The molecule has 0 aromatic heterocycles. The van der Waals surface area contributed by atoms with Gasteiger partial charge < -0.3 is 5.11 Å². The number of hydrogen-bond acceptors (Lipinski definition) is 2. The number of rotatable bonds is 7. The average molecular weight is 400 g/mol. The summed E-state index contributed by atoms with van der Waals surface area (Å²) in [5.41, 5.74) is -0.147. The van der Waals surface area contributed by atoms with Gasteiger partial charge >= 0.3 is 29.9 Å². The lowest BCUT2D eigenvalue weighted by Crippen LogP contribution is -2.60. The molecule has 142 valence electrons. The van der Waals surface area contributed by atoms with Crippen LogP contribution in [-0.4, -0.2) is 40.8 Å². The van der Waals surface area contributed by atoms with Crippen LogP contribution in [0.5, 0.6) is 0 Å². The van der Waals surface area contributed by atoms with Crippen LogP contribution < -0.4 is 0 Å². The van der Waals surface area contributed by atoms with Crippen LogP contribution in [0.25, 0.3) is 0 Å². The zero-order chi connectivity index (χ0) is 19.7. The van der Waals surface area contributed by atoms with E-state index in [1.807, 2.05) is 0 Å². The van der Waals surface area contributed by atoms with Gasteiger partial charge in [-0.25, -0.2) is 4.79 Å². The van der Waals surface area contributed by atoms with Gasteiger partial charge in [0.1, 0.15) is 0 Å². The summed E-state index contributed by atoms with van der Waals surface area (Å²) in [5.74, 6) is -21.3. The van der Waals surface area contributed by atoms with E-state index in [0.29, 0.717) is 11.8 Å². The Kier molecular flexibility index (Phi) is 5.97. The molecule has 0 aliphatic heterocycles. The Hall–Kier alpha value is -1.59. The first-order valence-corrected chi connectivity index (χ1v) is 7.28. The van der Waals surface area contributed by atoms with E-state index in [2.05, 4.69) is 0 Å². The molecule has 1 rings (SSSR count). The largest absolute Gasteiger partial charge is 0.478 e. The van der Waals surface area contributed by atoms with Gasteiger partial charge in [0.25, 0.3) is 0 Å². The van der Waals surface area contributed by atoms with Crippen molar-refractivity contribution in [1.82, 2.24) is 0 Å². The molecule has 0 bridgehead atoms. The lowest BCUT2D eigenvalue weighted by atomic mass is 10.0. The van der Waals surface area contributed by atoms with Crippen molar-refractivity contribution >= 4 is 17.7 Å². The summed E-state index contributed by atoms with van der Waals surface area (Å²) in [6.45, 7) is 0. The van der Waals surface area contributed by atoms with Crippen LogP contribution in [0.4, 0.5) is 39.5 Å². The number of carbonyl (C=O) groups is 1. The fourth-order valence-electron chi connectivity index (χ4n) is 1.56. The van der Waals surface area contributed by atoms with Crippen molar-refractivity contribution in [2.45, 2.75) is 35.3 Å². The Balaban J connectivity index is 2.79. The van der Waals surface area contributed by atoms with Crippen molar-refractivity contribution in [1.29, 1.82) is 0 Å². The number of halogens is 9. The van der Waals surface area contributed by atoms with Crippen molar-refractivity contribution in [2.75, 3.05) is 5.75 Å². The molecule has 0 amide bonds. The molecule has 0 aliphatic rings. The van der Waals surface area contributed by atoms with Crippen molar-refractivity contribution < 1.29 is 49.4 Å². The fourth-order valence-corrected chi connectivity index (χ4v) is 2.48. The molecule has 0 fully saturated rings. The van der Waals surface area contributed by atoms with Crippen LogP contribution in [-0.2, 0) is 0 Å². The number of benzene rings is 1. The monoisotopic (exact) mass is 400 g/mol. The Morgan fingerprint density at radius 2 is 1.36 bits per heavy atom. The quantitative estimate of drug-likeness (QED) is 0.496. The van der Waals surface area contributed by atoms with Gasteiger partial charge in [-0.3, -0.25) is 0 Å². The Labute approximate surface area is 139 Å². The van der Waals surface area contributed by atoms with E-state index in [4.69, 9.17) is 5.11 Å². The molecule has 2 nitrogen and oxygen atoms in total. The highest BCUT2D eigenvalue weighted by Crippen LogP contribution is 2.54. The third kappa shape index (κ3) is 4.33. The molecular formula is C13H9F9O2S.